The van der Waals surface area contributed by atoms with E-state index in [1.165, 1.54) is 11.3 Å². The van der Waals surface area contributed by atoms with Gasteiger partial charge in [-0.2, -0.15) is 0 Å². The third-order valence-corrected chi connectivity index (χ3v) is 2.59. The smallest absolute Gasteiger partial charge is 0.239 e. The van der Waals surface area contributed by atoms with E-state index in [0.717, 1.165) is 0 Å². The Labute approximate surface area is 69.2 Å². The molecule has 0 aliphatic heterocycles. The van der Waals surface area contributed by atoms with Crippen molar-refractivity contribution >= 4 is 27.3 Å². The summed E-state index contributed by atoms with van der Waals surface area (Å²) in [5.41, 5.74) is -0.150. The summed E-state index contributed by atoms with van der Waals surface area (Å²) in [4.78, 5) is 3.63. The molecule has 0 aliphatic carbocycles. The monoisotopic (exact) mass is 227 g/mol. The third kappa shape index (κ3) is 1.52. The summed E-state index contributed by atoms with van der Waals surface area (Å²) in [7, 11) is 0. The Hall–Kier alpha value is -0.0300. The van der Waals surface area contributed by atoms with E-state index in [0.29, 0.717) is 8.79 Å². The van der Waals surface area contributed by atoms with Crippen LogP contribution in [0.25, 0.3) is 0 Å². The highest BCUT2D eigenvalue weighted by Gasteiger charge is 2.15. The van der Waals surface area contributed by atoms with Gasteiger partial charge in [-0.25, -0.2) is 13.8 Å². The maximum Gasteiger partial charge on any atom is 0.282 e. The fourth-order valence-corrected chi connectivity index (χ4v) is 2.16. The Morgan fingerprint density at radius 3 is 2.40 bits per heavy atom. The van der Waals surface area contributed by atoms with Crippen molar-refractivity contribution < 1.29 is 8.78 Å². The molecule has 0 aromatic carbocycles. The van der Waals surface area contributed by atoms with Crippen LogP contribution >= 0.6 is 27.3 Å². The van der Waals surface area contributed by atoms with Crippen LogP contribution in [0.5, 0.6) is 0 Å². The molecule has 56 valence electrons. The molecule has 1 aromatic rings. The SMILES string of the molecule is Cc1nc(C(F)F)c(Br)s1. The van der Waals surface area contributed by atoms with Gasteiger partial charge in [0.05, 0.1) is 8.79 Å². The molecule has 0 saturated heterocycles. The molecule has 0 spiro atoms. The first-order valence-corrected chi connectivity index (χ1v) is 4.13. The van der Waals surface area contributed by atoms with Crippen molar-refractivity contribution in [1.29, 1.82) is 0 Å². The fourth-order valence-electron chi connectivity index (χ4n) is 0.553. The maximum atomic E-state index is 12.0. The summed E-state index contributed by atoms with van der Waals surface area (Å²) >= 11 is 4.22. The number of aryl methyl sites for hydroxylation is 1. The summed E-state index contributed by atoms with van der Waals surface area (Å²) in [6, 6.07) is 0. The predicted octanol–water partition coefficient (Wildman–Crippen LogP) is 3.15. The zero-order valence-electron chi connectivity index (χ0n) is 5.07. The van der Waals surface area contributed by atoms with Crippen LogP contribution in [0, 0.1) is 6.92 Å². The summed E-state index contributed by atoms with van der Waals surface area (Å²) in [5.74, 6) is 0. The van der Waals surface area contributed by atoms with Gasteiger partial charge >= 0.3 is 0 Å². The van der Waals surface area contributed by atoms with Crippen molar-refractivity contribution in [3.8, 4) is 0 Å². The number of alkyl halides is 2. The van der Waals surface area contributed by atoms with Crippen molar-refractivity contribution in [1.82, 2.24) is 4.98 Å². The fraction of sp³-hybridized carbons (Fsp3) is 0.400. The summed E-state index contributed by atoms with van der Waals surface area (Å²) in [6.07, 6.45) is -2.47. The van der Waals surface area contributed by atoms with Crippen LogP contribution in [-0.4, -0.2) is 4.98 Å². The van der Waals surface area contributed by atoms with Crippen molar-refractivity contribution in [3.63, 3.8) is 0 Å². The van der Waals surface area contributed by atoms with Gasteiger partial charge in [-0.3, -0.25) is 0 Å². The lowest BCUT2D eigenvalue weighted by Crippen LogP contribution is -1.83. The van der Waals surface area contributed by atoms with Gasteiger partial charge in [0, 0.05) is 0 Å². The third-order valence-electron chi connectivity index (χ3n) is 0.923. The van der Waals surface area contributed by atoms with Crippen LogP contribution in [0.15, 0.2) is 3.79 Å². The van der Waals surface area contributed by atoms with Crippen molar-refractivity contribution in [2.45, 2.75) is 13.3 Å². The normalized spacial score (nSPS) is 10.9. The molecule has 1 rings (SSSR count). The first-order valence-electron chi connectivity index (χ1n) is 2.52. The van der Waals surface area contributed by atoms with Crippen LogP contribution in [0.3, 0.4) is 0 Å². The lowest BCUT2D eigenvalue weighted by molar-refractivity contribution is 0.146. The Balaban J connectivity index is 3.03. The average Bonchev–Trinajstić information content (AvgIpc) is 2.10. The molecule has 0 radical (unpaired) electrons. The van der Waals surface area contributed by atoms with E-state index < -0.39 is 6.43 Å². The number of aromatic nitrogens is 1. The van der Waals surface area contributed by atoms with E-state index in [2.05, 4.69) is 20.9 Å². The van der Waals surface area contributed by atoms with E-state index >= 15 is 0 Å². The number of hydrogen-bond donors (Lipinski definition) is 0. The van der Waals surface area contributed by atoms with Gasteiger partial charge in [0.1, 0.15) is 5.69 Å². The van der Waals surface area contributed by atoms with Crippen molar-refractivity contribution in [2.24, 2.45) is 0 Å². The van der Waals surface area contributed by atoms with Crippen LogP contribution < -0.4 is 0 Å². The maximum absolute atomic E-state index is 12.0. The first kappa shape index (κ1) is 8.07. The van der Waals surface area contributed by atoms with Crippen LogP contribution in [-0.2, 0) is 0 Å². The quantitative estimate of drug-likeness (QED) is 0.719. The number of halogens is 3. The molecule has 0 fully saturated rings. The van der Waals surface area contributed by atoms with Gasteiger partial charge in [-0.1, -0.05) is 0 Å². The van der Waals surface area contributed by atoms with Gasteiger partial charge in [0.2, 0.25) is 0 Å². The molecule has 0 bridgehead atoms. The molecule has 10 heavy (non-hydrogen) atoms. The second kappa shape index (κ2) is 2.92. The largest absolute Gasteiger partial charge is 0.282 e. The zero-order valence-corrected chi connectivity index (χ0v) is 7.47. The predicted molar refractivity (Wildman–Crippen MR) is 39.5 cm³/mol. The molecule has 0 aliphatic rings. The van der Waals surface area contributed by atoms with Crippen LogP contribution in [0.1, 0.15) is 17.1 Å². The lowest BCUT2D eigenvalue weighted by Gasteiger charge is -1.90. The molecule has 0 amide bonds. The molecule has 1 aromatic heterocycles. The van der Waals surface area contributed by atoms with Gasteiger partial charge in [0.15, 0.2) is 0 Å². The zero-order chi connectivity index (χ0) is 7.72. The molecule has 0 N–H and O–H groups in total. The lowest BCUT2D eigenvalue weighted by atomic mass is 10.5. The highest BCUT2D eigenvalue weighted by atomic mass is 79.9. The van der Waals surface area contributed by atoms with Crippen molar-refractivity contribution in [2.75, 3.05) is 0 Å². The minimum Gasteiger partial charge on any atom is -0.239 e. The summed E-state index contributed by atoms with van der Waals surface area (Å²) < 4.78 is 24.3. The van der Waals surface area contributed by atoms with Gasteiger partial charge in [-0.15, -0.1) is 11.3 Å². The van der Waals surface area contributed by atoms with Gasteiger partial charge < -0.3 is 0 Å². The molecule has 0 saturated carbocycles. The number of thiazole rings is 1. The standard InChI is InChI=1S/C5H4BrF2NS/c1-2-9-3(5(7)8)4(6)10-2/h5H,1H3. The Bertz CT molecular complexity index is 236. The van der Waals surface area contributed by atoms with Gasteiger partial charge in [0.25, 0.3) is 6.43 Å². The second-order valence-corrected chi connectivity index (χ2v) is 4.21. The van der Waals surface area contributed by atoms with Gasteiger partial charge in [-0.05, 0) is 22.9 Å². The minimum absolute atomic E-state index is 0.150. The first-order chi connectivity index (χ1) is 4.61. The Morgan fingerprint density at radius 1 is 1.60 bits per heavy atom. The highest BCUT2D eigenvalue weighted by Crippen LogP contribution is 2.31. The molecular formula is C5H4BrF2NS. The van der Waals surface area contributed by atoms with Crippen LogP contribution in [0.2, 0.25) is 0 Å². The molecule has 1 heterocycles. The molecule has 0 atom stereocenters. The molecule has 1 nitrogen and oxygen atoms in total. The summed E-state index contributed by atoms with van der Waals surface area (Å²) in [6.45, 7) is 1.70. The summed E-state index contributed by atoms with van der Waals surface area (Å²) in [5, 5.41) is 0.655. The molecule has 5 heteroatoms. The number of hydrogen-bond acceptors (Lipinski definition) is 2. The average molecular weight is 228 g/mol. The Morgan fingerprint density at radius 2 is 2.20 bits per heavy atom. The van der Waals surface area contributed by atoms with E-state index in [9.17, 15) is 8.78 Å². The minimum atomic E-state index is -2.47. The number of nitrogens with zero attached hydrogens (tertiary/aromatic N) is 1. The molecule has 0 unspecified atom stereocenters. The van der Waals surface area contributed by atoms with Crippen molar-refractivity contribution in [3.05, 3.63) is 14.5 Å². The molecular weight excluding hydrogens is 224 g/mol. The topological polar surface area (TPSA) is 12.9 Å². The van der Waals surface area contributed by atoms with E-state index in [4.69, 9.17) is 0 Å². The van der Waals surface area contributed by atoms with E-state index in [1.54, 1.807) is 6.92 Å². The highest BCUT2D eigenvalue weighted by molar-refractivity contribution is 9.11. The van der Waals surface area contributed by atoms with E-state index in [-0.39, 0.29) is 5.69 Å². The van der Waals surface area contributed by atoms with E-state index in [1.807, 2.05) is 0 Å². The Kier molecular flexibility index (Phi) is 2.36. The second-order valence-electron chi connectivity index (χ2n) is 1.69. The number of rotatable bonds is 1. The van der Waals surface area contributed by atoms with Crippen LogP contribution in [0.4, 0.5) is 8.78 Å².